The second-order valence-electron chi connectivity index (χ2n) is 5.60. The van der Waals surface area contributed by atoms with Gasteiger partial charge in [-0.15, -0.1) is 0 Å². The maximum Gasteiger partial charge on any atom is 0.339 e. The molecule has 0 saturated carbocycles. The van der Waals surface area contributed by atoms with Crippen LogP contribution < -0.4 is 9.61 Å². The summed E-state index contributed by atoms with van der Waals surface area (Å²) in [4.78, 5) is 12.1. The Morgan fingerprint density at radius 2 is 1.61 bits per heavy atom. The highest BCUT2D eigenvalue weighted by atomic mass is 79.9. The fraction of sp³-hybridized carbons (Fsp3) is 0. The van der Waals surface area contributed by atoms with Gasteiger partial charge in [0.25, 0.3) is 5.91 Å². The van der Waals surface area contributed by atoms with Gasteiger partial charge >= 0.3 is 10.1 Å². The highest BCUT2D eigenvalue weighted by Gasteiger charge is 2.18. The summed E-state index contributed by atoms with van der Waals surface area (Å²) in [6.07, 6.45) is 1.32. The van der Waals surface area contributed by atoms with E-state index in [9.17, 15) is 13.2 Å². The third-order valence-electron chi connectivity index (χ3n) is 3.61. The van der Waals surface area contributed by atoms with Gasteiger partial charge in [0.15, 0.2) is 5.75 Å². The molecule has 3 rings (SSSR count). The number of nitrogens with zero attached hydrogens (tertiary/aromatic N) is 1. The highest BCUT2D eigenvalue weighted by Crippen LogP contribution is 2.25. The van der Waals surface area contributed by atoms with E-state index in [2.05, 4.69) is 26.5 Å². The number of rotatable bonds is 6. The average molecular weight is 459 g/mol. The summed E-state index contributed by atoms with van der Waals surface area (Å²) in [5.74, 6) is -0.295. The number of hydrogen-bond donors (Lipinski definition) is 1. The molecule has 0 aromatic heterocycles. The van der Waals surface area contributed by atoms with Crippen molar-refractivity contribution in [3.8, 4) is 5.75 Å². The first-order valence-corrected chi connectivity index (χ1v) is 10.3. The standard InChI is InChI=1S/C20H15BrN2O4S/c21-17-11-12-19(27-28(25,26)18-9-5-2-6-10-18)16(13-17)14-22-23-20(24)15-7-3-1-4-8-15/h1-14H,(H,23,24)/b22-14-. The largest absolute Gasteiger partial charge is 0.378 e. The zero-order valence-electron chi connectivity index (χ0n) is 14.4. The van der Waals surface area contributed by atoms with Gasteiger partial charge in [0.1, 0.15) is 4.90 Å². The van der Waals surface area contributed by atoms with Crippen molar-refractivity contribution in [3.05, 3.63) is 94.5 Å². The van der Waals surface area contributed by atoms with Crippen molar-refractivity contribution in [3.63, 3.8) is 0 Å². The molecule has 0 unspecified atom stereocenters. The van der Waals surface area contributed by atoms with Crippen molar-refractivity contribution in [2.45, 2.75) is 4.90 Å². The number of amides is 1. The zero-order valence-corrected chi connectivity index (χ0v) is 16.9. The molecule has 0 spiro atoms. The van der Waals surface area contributed by atoms with Gasteiger partial charge in [-0.05, 0) is 42.5 Å². The van der Waals surface area contributed by atoms with Crippen molar-refractivity contribution in [1.29, 1.82) is 0 Å². The number of benzene rings is 3. The minimum Gasteiger partial charge on any atom is -0.378 e. The quantitative estimate of drug-likeness (QED) is 0.343. The van der Waals surface area contributed by atoms with Crippen LogP contribution in [0.15, 0.2) is 93.3 Å². The predicted molar refractivity (Wildman–Crippen MR) is 110 cm³/mol. The molecule has 6 nitrogen and oxygen atoms in total. The zero-order chi connectivity index (χ0) is 20.0. The summed E-state index contributed by atoms with van der Waals surface area (Å²) in [6.45, 7) is 0. The molecular formula is C20H15BrN2O4S. The molecule has 0 bridgehead atoms. The Balaban J connectivity index is 1.80. The summed E-state index contributed by atoms with van der Waals surface area (Å²) in [5.41, 5.74) is 3.23. The van der Waals surface area contributed by atoms with Gasteiger partial charge in [0, 0.05) is 15.6 Å². The summed E-state index contributed by atoms with van der Waals surface area (Å²) in [7, 11) is -4.00. The SMILES string of the molecule is O=C(N/N=C\c1cc(Br)ccc1OS(=O)(=O)c1ccccc1)c1ccccc1. The van der Waals surface area contributed by atoms with Crippen molar-refractivity contribution in [2.75, 3.05) is 0 Å². The Kier molecular flexibility index (Phi) is 6.23. The van der Waals surface area contributed by atoms with Gasteiger partial charge in [-0.1, -0.05) is 52.3 Å². The molecule has 142 valence electrons. The van der Waals surface area contributed by atoms with Crippen LogP contribution >= 0.6 is 15.9 Å². The van der Waals surface area contributed by atoms with Gasteiger partial charge in [-0.25, -0.2) is 5.43 Å². The van der Waals surface area contributed by atoms with E-state index in [0.29, 0.717) is 15.6 Å². The topological polar surface area (TPSA) is 84.8 Å². The van der Waals surface area contributed by atoms with Crippen LogP contribution in [0.5, 0.6) is 5.75 Å². The lowest BCUT2D eigenvalue weighted by atomic mass is 10.2. The summed E-state index contributed by atoms with van der Waals surface area (Å²) in [5, 5.41) is 3.90. The van der Waals surface area contributed by atoms with Gasteiger partial charge < -0.3 is 4.18 Å². The second kappa shape index (κ2) is 8.81. The van der Waals surface area contributed by atoms with Crippen molar-refractivity contribution < 1.29 is 17.4 Å². The first-order valence-electron chi connectivity index (χ1n) is 8.13. The third kappa shape index (κ3) is 5.05. The van der Waals surface area contributed by atoms with Crippen LogP contribution in [0, 0.1) is 0 Å². The minimum atomic E-state index is -4.00. The molecule has 1 N–H and O–H groups in total. The molecule has 0 radical (unpaired) electrons. The van der Waals surface area contributed by atoms with Gasteiger partial charge in [-0.2, -0.15) is 13.5 Å². The first-order chi connectivity index (χ1) is 13.5. The van der Waals surface area contributed by atoms with Gasteiger partial charge in [0.2, 0.25) is 0 Å². The molecule has 0 aliphatic heterocycles. The van der Waals surface area contributed by atoms with E-state index in [1.807, 2.05) is 0 Å². The van der Waals surface area contributed by atoms with Crippen molar-refractivity contribution in [2.24, 2.45) is 5.10 Å². The van der Waals surface area contributed by atoms with Crippen LogP contribution in [0.2, 0.25) is 0 Å². The predicted octanol–water partition coefficient (Wildman–Crippen LogP) is 3.98. The number of nitrogens with one attached hydrogen (secondary N) is 1. The molecular weight excluding hydrogens is 444 g/mol. The van der Waals surface area contributed by atoms with Crippen molar-refractivity contribution >= 4 is 38.2 Å². The Morgan fingerprint density at radius 3 is 2.29 bits per heavy atom. The van der Waals surface area contributed by atoms with Crippen LogP contribution in [-0.2, 0) is 10.1 Å². The van der Waals surface area contributed by atoms with Crippen LogP contribution in [-0.4, -0.2) is 20.5 Å². The van der Waals surface area contributed by atoms with E-state index < -0.39 is 10.1 Å². The molecule has 0 aliphatic carbocycles. The third-order valence-corrected chi connectivity index (χ3v) is 5.35. The number of carbonyl (C=O) groups is 1. The molecule has 0 atom stereocenters. The van der Waals surface area contributed by atoms with E-state index in [1.54, 1.807) is 60.7 Å². The Morgan fingerprint density at radius 1 is 0.964 bits per heavy atom. The number of hydrazone groups is 1. The lowest BCUT2D eigenvalue weighted by Crippen LogP contribution is -2.17. The van der Waals surface area contributed by atoms with Crippen LogP contribution in [0.3, 0.4) is 0 Å². The van der Waals surface area contributed by atoms with Crippen LogP contribution in [0.4, 0.5) is 0 Å². The average Bonchev–Trinajstić information content (AvgIpc) is 2.71. The molecule has 28 heavy (non-hydrogen) atoms. The molecule has 3 aromatic carbocycles. The molecule has 0 fully saturated rings. The van der Waals surface area contributed by atoms with E-state index in [-0.39, 0.29) is 16.6 Å². The lowest BCUT2D eigenvalue weighted by molar-refractivity contribution is 0.0955. The van der Waals surface area contributed by atoms with E-state index in [0.717, 1.165) is 0 Å². The lowest BCUT2D eigenvalue weighted by Gasteiger charge is -2.10. The molecule has 0 aliphatic rings. The number of hydrogen-bond acceptors (Lipinski definition) is 5. The Hall–Kier alpha value is -2.97. The molecule has 8 heteroatoms. The maximum absolute atomic E-state index is 12.5. The molecule has 1 amide bonds. The fourth-order valence-electron chi connectivity index (χ4n) is 2.26. The van der Waals surface area contributed by atoms with E-state index >= 15 is 0 Å². The number of halogens is 1. The fourth-order valence-corrected chi connectivity index (χ4v) is 3.62. The minimum absolute atomic E-state index is 0.0400. The van der Waals surface area contributed by atoms with E-state index in [4.69, 9.17) is 4.18 Å². The first kappa shape index (κ1) is 19.8. The monoisotopic (exact) mass is 458 g/mol. The Labute approximate surface area is 171 Å². The van der Waals surface area contributed by atoms with Crippen LogP contribution in [0.1, 0.15) is 15.9 Å². The molecule has 3 aromatic rings. The normalized spacial score (nSPS) is 11.3. The second-order valence-corrected chi connectivity index (χ2v) is 8.06. The Bertz CT molecular complexity index is 1100. The smallest absolute Gasteiger partial charge is 0.339 e. The summed E-state index contributed by atoms with van der Waals surface area (Å²) in [6, 6.07) is 21.2. The highest BCUT2D eigenvalue weighted by molar-refractivity contribution is 9.10. The van der Waals surface area contributed by atoms with E-state index in [1.165, 1.54) is 24.4 Å². The van der Waals surface area contributed by atoms with Gasteiger partial charge in [0.05, 0.1) is 6.21 Å². The summed E-state index contributed by atoms with van der Waals surface area (Å²) < 4.78 is 30.9. The van der Waals surface area contributed by atoms with Gasteiger partial charge in [-0.3, -0.25) is 4.79 Å². The van der Waals surface area contributed by atoms with Crippen LogP contribution in [0.25, 0.3) is 0 Å². The summed E-state index contributed by atoms with van der Waals surface area (Å²) >= 11 is 3.32. The molecule has 0 saturated heterocycles. The maximum atomic E-state index is 12.5. The molecule has 0 heterocycles. The number of carbonyl (C=O) groups excluding carboxylic acids is 1. The van der Waals surface area contributed by atoms with Crippen molar-refractivity contribution in [1.82, 2.24) is 5.43 Å².